The molecule has 338 valence electrons. The molecule has 1 saturated heterocycles. The Morgan fingerprint density at radius 2 is 1.52 bits per heavy atom. The van der Waals surface area contributed by atoms with Gasteiger partial charge < -0.3 is 62.3 Å². The Hall–Kier alpha value is -6.16. The van der Waals surface area contributed by atoms with Crippen molar-refractivity contribution in [3.8, 4) is 0 Å². The van der Waals surface area contributed by atoms with Gasteiger partial charge >= 0.3 is 5.97 Å². The van der Waals surface area contributed by atoms with Crippen LogP contribution in [0.15, 0.2) is 54.9 Å². The summed E-state index contributed by atoms with van der Waals surface area (Å²) >= 11 is 7.93. The summed E-state index contributed by atoms with van der Waals surface area (Å²) in [7, 11) is 1.19. The number of rotatable bonds is 19. The third kappa shape index (κ3) is 12.1. The second-order valence-electron chi connectivity index (χ2n) is 15.3. The molecular weight excluding hydrogens is 860 g/mol. The first-order chi connectivity index (χ1) is 29.9. The Kier molecular flexibility index (Phi) is 16.2. The van der Waals surface area contributed by atoms with Crippen molar-refractivity contribution >= 4 is 92.5 Å². The maximum Gasteiger partial charge on any atom is 0.323 e. The first kappa shape index (κ1) is 47.9. The van der Waals surface area contributed by atoms with Crippen LogP contribution in [0.2, 0.25) is 5.02 Å². The van der Waals surface area contributed by atoms with E-state index in [4.69, 9.17) is 22.4 Å². The third-order valence-electron chi connectivity index (χ3n) is 10.4. The van der Waals surface area contributed by atoms with Gasteiger partial charge in [-0.2, -0.15) is 0 Å². The number of aliphatic carboxylic acids is 1. The second kappa shape index (κ2) is 21.3. The number of hydrogen-bond donors (Lipinski definition) is 10. The second-order valence-corrected chi connectivity index (χ2v) is 16.7. The van der Waals surface area contributed by atoms with Gasteiger partial charge in [-0.05, 0) is 50.1 Å². The fraction of sp³-hybridized carbons (Fsp3) is 0.415. The Morgan fingerprint density at radius 3 is 2.22 bits per heavy atom. The number of aromatic amines is 2. The van der Waals surface area contributed by atoms with Gasteiger partial charge in [0.15, 0.2) is 0 Å². The summed E-state index contributed by atoms with van der Waals surface area (Å²) in [5.41, 5.74) is 8.55. The van der Waals surface area contributed by atoms with E-state index in [0.717, 1.165) is 15.8 Å². The normalized spacial score (nSPS) is 16.6. The van der Waals surface area contributed by atoms with Crippen LogP contribution < -0.4 is 32.3 Å². The summed E-state index contributed by atoms with van der Waals surface area (Å²) in [6.07, 6.45) is 1.78. The number of aliphatic hydroxyl groups is 1. The summed E-state index contributed by atoms with van der Waals surface area (Å²) in [5.74, 6) is -5.98. The predicted molar refractivity (Wildman–Crippen MR) is 234 cm³/mol. The number of aromatic nitrogens is 2. The highest BCUT2D eigenvalue weighted by molar-refractivity contribution is 7.99. The number of carbonyl (C=O) groups excluding carboxylic acids is 7. The molecule has 2 aromatic carbocycles. The molecule has 63 heavy (non-hydrogen) atoms. The molecule has 5 rings (SSSR count). The molecule has 4 aromatic rings. The molecule has 0 unspecified atom stereocenters. The number of aliphatic hydroxyl groups excluding tert-OH is 1. The van der Waals surface area contributed by atoms with Gasteiger partial charge in [0.05, 0.1) is 29.6 Å². The third-order valence-corrected chi connectivity index (χ3v) is 11.7. The zero-order valence-electron chi connectivity index (χ0n) is 34.9. The topological polar surface area (TPSA) is 301 Å². The van der Waals surface area contributed by atoms with E-state index in [-0.39, 0.29) is 24.5 Å². The van der Waals surface area contributed by atoms with E-state index in [9.17, 15) is 43.5 Å². The number of H-pyrrole nitrogens is 2. The lowest BCUT2D eigenvalue weighted by Crippen LogP contribution is -2.59. The number of para-hydroxylation sites is 1. The van der Waals surface area contributed by atoms with Gasteiger partial charge in [-0.25, -0.2) is 0 Å². The minimum atomic E-state index is -1.53. The molecule has 2 aromatic heterocycles. The minimum Gasteiger partial charge on any atom is -0.480 e. The number of benzene rings is 2. The van der Waals surface area contributed by atoms with Gasteiger partial charge in [-0.3, -0.25) is 38.4 Å². The van der Waals surface area contributed by atoms with E-state index in [1.807, 2.05) is 24.3 Å². The summed E-state index contributed by atoms with van der Waals surface area (Å²) < 4.78 is 0. The molecule has 0 spiro atoms. The largest absolute Gasteiger partial charge is 0.480 e. The van der Waals surface area contributed by atoms with Crippen molar-refractivity contribution in [3.63, 3.8) is 0 Å². The smallest absolute Gasteiger partial charge is 0.323 e. The van der Waals surface area contributed by atoms with Crippen LogP contribution in [0, 0.1) is 0 Å². The van der Waals surface area contributed by atoms with E-state index in [2.05, 4.69) is 36.6 Å². The Morgan fingerprint density at radius 1 is 0.873 bits per heavy atom. The molecule has 7 atom stereocenters. The first-order valence-corrected chi connectivity index (χ1v) is 21.5. The van der Waals surface area contributed by atoms with E-state index in [1.165, 1.54) is 44.5 Å². The summed E-state index contributed by atoms with van der Waals surface area (Å²) in [5, 5.41) is 33.7. The lowest BCUT2D eigenvalue weighted by Gasteiger charge is -2.28. The maximum absolute atomic E-state index is 14.4. The van der Waals surface area contributed by atoms with Gasteiger partial charge in [0, 0.05) is 59.8 Å². The number of carboxylic acids is 1. The number of amides is 7. The molecule has 11 N–H and O–H groups in total. The number of likely N-dealkylation sites (N-methyl/N-ethyl adjacent to an activating group) is 1. The highest BCUT2D eigenvalue weighted by Crippen LogP contribution is 2.28. The quantitative estimate of drug-likeness (QED) is 0.0561. The average molecular weight is 911 g/mol. The SMILES string of the molecule is C[C@@H](N)C(=O)N1CSC[C@H]1C(=O)N[C@@H](Cc1c[nH]c2ccccc12)C(=O)N[C@@H](Cc1c[nH]c2cccc(Cl)c12)C(=O)NCC(=O)N[C@H](C)C(=O)N[C@H](C(=O)N(C)CC(=O)O)[C@@H](C)O. The number of fused-ring (bicyclic) bond motifs is 2. The summed E-state index contributed by atoms with van der Waals surface area (Å²) in [6.45, 7) is 2.68. The zero-order valence-corrected chi connectivity index (χ0v) is 36.5. The van der Waals surface area contributed by atoms with Crippen LogP contribution in [0.5, 0.6) is 0 Å². The van der Waals surface area contributed by atoms with Crippen LogP contribution in [-0.4, -0.2) is 151 Å². The Balaban J connectivity index is 1.35. The molecule has 0 radical (unpaired) electrons. The van der Waals surface area contributed by atoms with Crippen LogP contribution >= 0.6 is 23.4 Å². The van der Waals surface area contributed by atoms with Crippen LogP contribution in [-0.2, 0) is 51.2 Å². The lowest BCUT2D eigenvalue weighted by molar-refractivity contribution is -0.146. The molecular formula is C41H51ClN10O10S. The highest BCUT2D eigenvalue weighted by Gasteiger charge is 2.38. The van der Waals surface area contributed by atoms with Gasteiger partial charge in [-0.15, -0.1) is 11.8 Å². The number of thioether (sulfide) groups is 1. The van der Waals surface area contributed by atoms with Gasteiger partial charge in [0.1, 0.15) is 36.8 Å². The van der Waals surface area contributed by atoms with Crippen molar-refractivity contribution < 1.29 is 48.6 Å². The monoisotopic (exact) mass is 910 g/mol. The molecule has 20 nitrogen and oxygen atoms in total. The standard InChI is InChI=1S/C41H51ClN10O10S/c1-20(43)40(61)52-19-63-18-31(52)39(60)49-30(12-23-14-44-27-10-6-5-8-25(23)27)38(59)48-29(13-24-15-45-28-11-7-9-26(42)34(24)28)37(58)46-16-32(54)47-21(2)36(57)50-35(22(3)53)41(62)51(4)17-33(55)56/h5-11,14-15,20-22,29-31,35,44-45,53H,12-13,16-19,43H2,1-4H3,(H,46,58)(H,47,54)(H,48,59)(H,49,60)(H,50,57)(H,55,56)/t20-,21-,22-,29+,30+,31+,35+/m1/s1. The van der Waals surface area contributed by atoms with Crippen LogP contribution in [0.3, 0.4) is 0 Å². The van der Waals surface area contributed by atoms with Crippen molar-refractivity contribution in [1.82, 2.24) is 46.4 Å². The number of hydrogen-bond acceptors (Lipinski definition) is 11. The predicted octanol–water partition coefficient (Wildman–Crippen LogP) is -0.664. The maximum atomic E-state index is 14.4. The molecule has 22 heteroatoms. The molecule has 0 saturated carbocycles. The molecule has 0 aliphatic carbocycles. The fourth-order valence-corrected chi connectivity index (χ4v) is 8.50. The summed E-state index contributed by atoms with van der Waals surface area (Å²) in [6, 6.07) is 5.34. The molecule has 1 aliphatic heterocycles. The number of nitrogens with zero attached hydrogens (tertiary/aromatic N) is 2. The summed E-state index contributed by atoms with van der Waals surface area (Å²) in [4.78, 5) is 114. The van der Waals surface area contributed by atoms with Crippen molar-refractivity contribution in [3.05, 3.63) is 71.0 Å². The van der Waals surface area contributed by atoms with E-state index < -0.39 is 103 Å². The molecule has 1 aliphatic rings. The van der Waals surface area contributed by atoms with Crippen molar-refractivity contribution in [2.45, 2.75) is 76.0 Å². The van der Waals surface area contributed by atoms with E-state index >= 15 is 0 Å². The molecule has 7 amide bonds. The average Bonchev–Trinajstić information content (AvgIpc) is 4.00. The number of halogens is 1. The van der Waals surface area contributed by atoms with Crippen LogP contribution in [0.25, 0.3) is 21.8 Å². The Labute approximate surface area is 370 Å². The molecule has 1 fully saturated rings. The Bertz CT molecular complexity index is 2370. The van der Waals surface area contributed by atoms with Gasteiger partial charge in [-0.1, -0.05) is 35.9 Å². The highest BCUT2D eigenvalue weighted by atomic mass is 35.5. The number of nitrogens with two attached hydrogens (primary N) is 1. The van der Waals surface area contributed by atoms with Crippen LogP contribution in [0.4, 0.5) is 0 Å². The first-order valence-electron chi connectivity index (χ1n) is 19.9. The zero-order chi connectivity index (χ0) is 46.1. The fourth-order valence-electron chi connectivity index (χ4n) is 7.04. The minimum absolute atomic E-state index is 0.0182. The molecule has 0 bridgehead atoms. The van der Waals surface area contributed by atoms with Crippen molar-refractivity contribution in [2.24, 2.45) is 5.73 Å². The van der Waals surface area contributed by atoms with E-state index in [1.54, 1.807) is 30.6 Å². The van der Waals surface area contributed by atoms with Crippen molar-refractivity contribution in [2.75, 3.05) is 31.8 Å². The molecule has 3 heterocycles. The van der Waals surface area contributed by atoms with Crippen molar-refractivity contribution in [1.29, 1.82) is 0 Å². The number of carboxylic acid groups (broad SMARTS) is 1. The number of carbonyl (C=O) groups is 8. The lowest BCUT2D eigenvalue weighted by atomic mass is 10.0. The van der Waals surface area contributed by atoms with Gasteiger partial charge in [0.2, 0.25) is 41.4 Å². The van der Waals surface area contributed by atoms with Crippen LogP contribution in [0.1, 0.15) is 31.9 Å². The van der Waals surface area contributed by atoms with Gasteiger partial charge in [0.25, 0.3) is 0 Å². The number of nitrogens with one attached hydrogen (secondary N) is 7. The van der Waals surface area contributed by atoms with E-state index in [0.29, 0.717) is 27.1 Å².